The monoisotopic (exact) mass is 304 g/mol. The SMILES string of the molecule is CCC(C(N)=S)S(=O)(=O)N(C)CC1CC2CCC1C2. The van der Waals surface area contributed by atoms with Gasteiger partial charge in [0, 0.05) is 13.6 Å². The van der Waals surface area contributed by atoms with Crippen LogP contribution in [0.2, 0.25) is 0 Å². The highest BCUT2D eigenvalue weighted by molar-refractivity contribution is 7.92. The Morgan fingerprint density at radius 2 is 2.11 bits per heavy atom. The van der Waals surface area contributed by atoms with Crippen LogP contribution < -0.4 is 5.73 Å². The molecule has 0 radical (unpaired) electrons. The third-order valence-corrected chi connectivity index (χ3v) is 7.62. The van der Waals surface area contributed by atoms with Gasteiger partial charge in [-0.3, -0.25) is 0 Å². The maximum absolute atomic E-state index is 12.5. The number of nitrogens with zero attached hydrogens (tertiary/aromatic N) is 1. The molecule has 0 amide bonds. The zero-order valence-electron chi connectivity index (χ0n) is 11.7. The molecule has 0 saturated heterocycles. The van der Waals surface area contributed by atoms with Crippen molar-refractivity contribution < 1.29 is 8.42 Å². The first-order chi connectivity index (χ1) is 8.86. The Kier molecular flexibility index (Phi) is 4.52. The Bertz CT molecular complexity index is 450. The topological polar surface area (TPSA) is 63.4 Å². The second-order valence-electron chi connectivity index (χ2n) is 6.06. The number of rotatable bonds is 6. The van der Waals surface area contributed by atoms with Crippen LogP contribution in [0.1, 0.15) is 39.0 Å². The summed E-state index contributed by atoms with van der Waals surface area (Å²) >= 11 is 4.89. The van der Waals surface area contributed by atoms with Crippen LogP contribution in [0.5, 0.6) is 0 Å². The molecule has 0 heterocycles. The number of sulfonamides is 1. The molecule has 4 unspecified atom stereocenters. The van der Waals surface area contributed by atoms with E-state index in [1.807, 2.05) is 6.92 Å². The molecule has 2 fully saturated rings. The van der Waals surface area contributed by atoms with Crippen LogP contribution in [0.4, 0.5) is 0 Å². The summed E-state index contributed by atoms with van der Waals surface area (Å²) in [6.07, 6.45) is 5.54. The van der Waals surface area contributed by atoms with E-state index in [0.29, 0.717) is 18.9 Å². The van der Waals surface area contributed by atoms with E-state index in [-0.39, 0.29) is 4.99 Å². The summed E-state index contributed by atoms with van der Waals surface area (Å²) in [4.78, 5) is 0.0855. The molecule has 2 rings (SSSR count). The van der Waals surface area contributed by atoms with Gasteiger partial charge in [0.05, 0.1) is 4.99 Å². The largest absolute Gasteiger partial charge is 0.392 e. The summed E-state index contributed by atoms with van der Waals surface area (Å²) in [7, 11) is -1.72. The highest BCUT2D eigenvalue weighted by atomic mass is 32.2. The Morgan fingerprint density at radius 1 is 1.42 bits per heavy atom. The summed E-state index contributed by atoms with van der Waals surface area (Å²) in [5.74, 6) is 2.10. The first-order valence-electron chi connectivity index (χ1n) is 7.10. The summed E-state index contributed by atoms with van der Waals surface area (Å²) in [5.41, 5.74) is 5.57. The Hall–Kier alpha value is -0.200. The van der Waals surface area contributed by atoms with E-state index in [4.69, 9.17) is 18.0 Å². The van der Waals surface area contributed by atoms with Crippen LogP contribution in [-0.2, 0) is 10.0 Å². The molecular formula is C13H24N2O2S2. The molecular weight excluding hydrogens is 280 g/mol. The minimum absolute atomic E-state index is 0.0855. The van der Waals surface area contributed by atoms with Crippen molar-refractivity contribution in [1.29, 1.82) is 0 Å². The maximum atomic E-state index is 12.5. The molecule has 2 bridgehead atoms. The molecule has 0 aromatic rings. The standard InChI is InChI=1S/C13H24N2O2S2/c1-3-12(13(14)18)19(16,17)15(2)8-11-7-9-4-5-10(11)6-9/h9-12H,3-8H2,1-2H3,(H2,14,18). The van der Waals surface area contributed by atoms with Crippen LogP contribution in [0.15, 0.2) is 0 Å². The number of hydrogen-bond donors (Lipinski definition) is 1. The van der Waals surface area contributed by atoms with E-state index in [9.17, 15) is 8.42 Å². The fourth-order valence-corrected chi connectivity index (χ4v) is 5.89. The van der Waals surface area contributed by atoms with E-state index in [1.54, 1.807) is 7.05 Å². The number of thiocarbonyl (C=S) groups is 1. The Labute approximate surface area is 121 Å². The van der Waals surface area contributed by atoms with E-state index in [0.717, 1.165) is 11.8 Å². The van der Waals surface area contributed by atoms with Crippen LogP contribution >= 0.6 is 12.2 Å². The maximum Gasteiger partial charge on any atom is 0.223 e. The number of nitrogens with two attached hydrogens (primary N) is 1. The van der Waals surface area contributed by atoms with E-state index in [1.165, 1.54) is 30.0 Å². The molecule has 2 aliphatic carbocycles. The van der Waals surface area contributed by atoms with Gasteiger partial charge in [0.25, 0.3) is 0 Å². The zero-order valence-corrected chi connectivity index (χ0v) is 13.3. The van der Waals surface area contributed by atoms with Crippen molar-refractivity contribution in [2.24, 2.45) is 23.5 Å². The predicted octanol–water partition coefficient (Wildman–Crippen LogP) is 1.75. The molecule has 2 N–H and O–H groups in total. The third kappa shape index (κ3) is 2.95. The summed E-state index contributed by atoms with van der Waals surface area (Å²) in [6, 6.07) is 0. The van der Waals surface area contributed by atoms with Gasteiger partial charge in [-0.2, -0.15) is 0 Å². The smallest absolute Gasteiger partial charge is 0.223 e. The highest BCUT2D eigenvalue weighted by Crippen LogP contribution is 2.48. The van der Waals surface area contributed by atoms with Crippen molar-refractivity contribution in [3.05, 3.63) is 0 Å². The molecule has 19 heavy (non-hydrogen) atoms. The van der Waals surface area contributed by atoms with Gasteiger partial charge < -0.3 is 5.73 Å². The zero-order chi connectivity index (χ0) is 14.2. The van der Waals surface area contributed by atoms with Crippen LogP contribution in [-0.4, -0.2) is 36.6 Å². The van der Waals surface area contributed by atoms with Crippen LogP contribution in [0, 0.1) is 17.8 Å². The third-order valence-electron chi connectivity index (χ3n) is 4.86. The minimum atomic E-state index is -3.39. The molecule has 2 saturated carbocycles. The molecule has 0 aromatic carbocycles. The lowest BCUT2D eigenvalue weighted by Crippen LogP contribution is -2.44. The van der Waals surface area contributed by atoms with Gasteiger partial charge in [-0.05, 0) is 43.4 Å². The van der Waals surface area contributed by atoms with Crippen molar-refractivity contribution in [3.8, 4) is 0 Å². The fourth-order valence-electron chi connectivity index (χ4n) is 3.81. The normalized spacial score (nSPS) is 31.8. The number of hydrogen-bond acceptors (Lipinski definition) is 3. The summed E-state index contributed by atoms with van der Waals surface area (Å²) in [5, 5.41) is -0.717. The molecule has 0 aromatic heterocycles. The Morgan fingerprint density at radius 3 is 2.53 bits per heavy atom. The molecule has 110 valence electrons. The molecule has 4 nitrogen and oxygen atoms in total. The molecule has 6 heteroatoms. The van der Waals surface area contributed by atoms with Gasteiger partial charge in [0.15, 0.2) is 0 Å². The molecule has 2 aliphatic rings. The highest BCUT2D eigenvalue weighted by Gasteiger charge is 2.41. The van der Waals surface area contributed by atoms with Crippen molar-refractivity contribution in [2.45, 2.75) is 44.3 Å². The second-order valence-corrected chi connectivity index (χ2v) is 8.75. The van der Waals surface area contributed by atoms with E-state index in [2.05, 4.69) is 0 Å². The van der Waals surface area contributed by atoms with Crippen molar-refractivity contribution in [2.75, 3.05) is 13.6 Å². The van der Waals surface area contributed by atoms with Gasteiger partial charge in [0.2, 0.25) is 10.0 Å². The first-order valence-corrected chi connectivity index (χ1v) is 9.01. The first kappa shape index (κ1) is 15.2. The van der Waals surface area contributed by atoms with Gasteiger partial charge in [-0.15, -0.1) is 0 Å². The predicted molar refractivity (Wildman–Crippen MR) is 81.4 cm³/mol. The summed E-state index contributed by atoms with van der Waals surface area (Å²) in [6.45, 7) is 2.44. The second kappa shape index (κ2) is 5.66. The van der Waals surface area contributed by atoms with Gasteiger partial charge in [-0.25, -0.2) is 12.7 Å². The lowest BCUT2D eigenvalue weighted by Gasteiger charge is -2.29. The minimum Gasteiger partial charge on any atom is -0.392 e. The molecule has 4 atom stereocenters. The van der Waals surface area contributed by atoms with Gasteiger partial charge in [-0.1, -0.05) is 25.6 Å². The van der Waals surface area contributed by atoms with Crippen molar-refractivity contribution in [3.63, 3.8) is 0 Å². The van der Waals surface area contributed by atoms with E-state index >= 15 is 0 Å². The fraction of sp³-hybridized carbons (Fsp3) is 0.923. The average molecular weight is 304 g/mol. The lowest BCUT2D eigenvalue weighted by molar-refractivity contribution is 0.279. The average Bonchev–Trinajstić information content (AvgIpc) is 2.90. The van der Waals surface area contributed by atoms with Crippen molar-refractivity contribution in [1.82, 2.24) is 4.31 Å². The van der Waals surface area contributed by atoms with Crippen molar-refractivity contribution >= 4 is 27.2 Å². The van der Waals surface area contributed by atoms with Gasteiger partial charge >= 0.3 is 0 Å². The Balaban J connectivity index is 2.02. The summed E-state index contributed by atoms with van der Waals surface area (Å²) < 4.78 is 26.4. The van der Waals surface area contributed by atoms with Crippen LogP contribution in [0.3, 0.4) is 0 Å². The van der Waals surface area contributed by atoms with Crippen LogP contribution in [0.25, 0.3) is 0 Å². The quantitative estimate of drug-likeness (QED) is 0.759. The molecule has 0 spiro atoms. The number of fused-ring (bicyclic) bond motifs is 2. The van der Waals surface area contributed by atoms with E-state index < -0.39 is 15.3 Å². The lowest BCUT2D eigenvalue weighted by atomic mass is 9.89. The molecule has 0 aliphatic heterocycles. The van der Waals surface area contributed by atoms with Gasteiger partial charge in [0.1, 0.15) is 5.25 Å².